The third-order valence-corrected chi connectivity index (χ3v) is 5.89. The first-order chi connectivity index (χ1) is 14.6. The van der Waals surface area contributed by atoms with Crippen molar-refractivity contribution in [2.75, 3.05) is 49.7 Å². The molecule has 0 aromatic heterocycles. The molecule has 0 unspecified atom stereocenters. The van der Waals surface area contributed by atoms with Gasteiger partial charge in [0.1, 0.15) is 11.5 Å². The maximum atomic E-state index is 13.1. The summed E-state index contributed by atoms with van der Waals surface area (Å²) in [5.41, 5.74) is 1.77. The molecule has 1 N–H and O–H groups in total. The lowest BCUT2D eigenvalue weighted by atomic mass is 10.1. The van der Waals surface area contributed by atoms with Crippen molar-refractivity contribution >= 4 is 23.2 Å². The molecule has 0 aliphatic carbocycles. The number of rotatable bonds is 6. The van der Waals surface area contributed by atoms with Crippen molar-refractivity contribution in [1.29, 1.82) is 0 Å². The van der Waals surface area contributed by atoms with Gasteiger partial charge in [0.15, 0.2) is 6.04 Å². The summed E-state index contributed by atoms with van der Waals surface area (Å²) in [4.78, 5) is 30.5. The number of carbonyl (C=O) groups is 2. The third kappa shape index (κ3) is 3.98. The van der Waals surface area contributed by atoms with E-state index >= 15 is 0 Å². The van der Waals surface area contributed by atoms with Crippen molar-refractivity contribution < 1.29 is 24.0 Å². The summed E-state index contributed by atoms with van der Waals surface area (Å²) in [5.74, 6) is 1.35. The van der Waals surface area contributed by atoms with E-state index in [0.717, 1.165) is 43.4 Å². The molecular formula is C23H28N3O4+. The molecule has 0 radical (unpaired) electrons. The monoisotopic (exact) mass is 410 g/mol. The largest absolute Gasteiger partial charge is 0.497 e. The van der Waals surface area contributed by atoms with E-state index in [-0.39, 0.29) is 24.3 Å². The van der Waals surface area contributed by atoms with E-state index < -0.39 is 0 Å². The van der Waals surface area contributed by atoms with Crippen molar-refractivity contribution in [3.05, 3.63) is 48.5 Å². The summed E-state index contributed by atoms with van der Waals surface area (Å²) in [5, 5.41) is 0. The van der Waals surface area contributed by atoms with Crippen molar-refractivity contribution in [2.24, 2.45) is 0 Å². The summed E-state index contributed by atoms with van der Waals surface area (Å²) < 4.78 is 10.7. The fourth-order valence-electron chi connectivity index (χ4n) is 4.27. The Hall–Kier alpha value is -3.06. The van der Waals surface area contributed by atoms with Gasteiger partial charge in [-0.25, -0.2) is 4.90 Å². The SMILES string of the molecule is CCOc1ccc(N2C(=O)C[C@H]([NH+]3CCN(c4ccc(OC)cc4)CC3)C2=O)cc1. The van der Waals surface area contributed by atoms with Crippen molar-refractivity contribution in [2.45, 2.75) is 19.4 Å². The molecular weight excluding hydrogens is 382 g/mol. The second-order valence-corrected chi connectivity index (χ2v) is 7.59. The van der Waals surface area contributed by atoms with Crippen LogP contribution in [0, 0.1) is 0 Å². The molecule has 2 aliphatic heterocycles. The van der Waals surface area contributed by atoms with E-state index in [0.29, 0.717) is 12.3 Å². The van der Waals surface area contributed by atoms with E-state index in [9.17, 15) is 9.59 Å². The highest BCUT2D eigenvalue weighted by molar-refractivity contribution is 6.21. The molecule has 0 saturated carbocycles. The van der Waals surface area contributed by atoms with Gasteiger partial charge in [-0.05, 0) is 55.5 Å². The van der Waals surface area contributed by atoms with E-state index in [1.54, 1.807) is 31.4 Å². The number of nitrogens with one attached hydrogen (secondary N) is 1. The maximum Gasteiger partial charge on any atom is 0.292 e. The number of methoxy groups -OCH3 is 1. The Morgan fingerprint density at radius 2 is 1.53 bits per heavy atom. The normalized spacial score (nSPS) is 20.0. The summed E-state index contributed by atoms with van der Waals surface area (Å²) in [6, 6.07) is 14.9. The molecule has 7 nitrogen and oxygen atoms in total. The summed E-state index contributed by atoms with van der Waals surface area (Å²) in [7, 11) is 1.66. The van der Waals surface area contributed by atoms with Crippen LogP contribution in [0.2, 0.25) is 0 Å². The molecule has 2 amide bonds. The molecule has 2 aromatic rings. The molecule has 2 aromatic carbocycles. The van der Waals surface area contributed by atoms with Crippen LogP contribution >= 0.6 is 0 Å². The Morgan fingerprint density at radius 3 is 2.13 bits per heavy atom. The quantitative estimate of drug-likeness (QED) is 0.724. The predicted molar refractivity (Wildman–Crippen MR) is 114 cm³/mol. The van der Waals surface area contributed by atoms with Gasteiger partial charge in [-0.15, -0.1) is 0 Å². The van der Waals surface area contributed by atoms with Crippen LogP contribution in [-0.4, -0.2) is 57.8 Å². The summed E-state index contributed by atoms with van der Waals surface area (Å²) >= 11 is 0. The number of quaternary nitrogens is 1. The number of hydrogen-bond acceptors (Lipinski definition) is 5. The molecule has 4 rings (SSSR count). The number of nitrogens with zero attached hydrogens (tertiary/aromatic N) is 2. The van der Waals surface area contributed by atoms with Crippen LogP contribution in [0.1, 0.15) is 13.3 Å². The number of hydrogen-bond donors (Lipinski definition) is 1. The van der Waals surface area contributed by atoms with E-state index in [1.807, 2.05) is 19.1 Å². The first kappa shape index (κ1) is 20.2. The van der Waals surface area contributed by atoms with Crippen LogP contribution in [0.4, 0.5) is 11.4 Å². The molecule has 2 heterocycles. The Morgan fingerprint density at radius 1 is 0.933 bits per heavy atom. The molecule has 2 saturated heterocycles. The predicted octanol–water partition coefficient (Wildman–Crippen LogP) is 1.13. The zero-order chi connectivity index (χ0) is 21.1. The maximum absolute atomic E-state index is 13.1. The second kappa shape index (κ2) is 8.75. The van der Waals surface area contributed by atoms with Crippen LogP contribution in [0.5, 0.6) is 11.5 Å². The average Bonchev–Trinajstić information content (AvgIpc) is 3.09. The fraction of sp³-hybridized carbons (Fsp3) is 0.391. The zero-order valence-corrected chi connectivity index (χ0v) is 17.5. The van der Waals surface area contributed by atoms with Crippen molar-refractivity contribution in [1.82, 2.24) is 0 Å². The number of piperazine rings is 1. The van der Waals surface area contributed by atoms with Gasteiger partial charge in [0.25, 0.3) is 5.91 Å². The van der Waals surface area contributed by atoms with Crippen LogP contribution in [0.15, 0.2) is 48.5 Å². The molecule has 0 bridgehead atoms. The minimum Gasteiger partial charge on any atom is -0.497 e. The standard InChI is InChI=1S/C23H27N3O4/c1-3-30-20-10-6-18(7-11-20)26-22(27)16-21(23(26)28)25-14-12-24(13-15-25)17-4-8-19(29-2)9-5-17/h4-11,21H,3,12-16H2,1-2H3/p+1/t21-/m0/s1. The number of benzene rings is 2. The Bertz CT molecular complexity index is 890. The second-order valence-electron chi connectivity index (χ2n) is 7.59. The average molecular weight is 410 g/mol. The van der Waals surface area contributed by atoms with Gasteiger partial charge in [0.05, 0.1) is 52.0 Å². The molecule has 30 heavy (non-hydrogen) atoms. The highest BCUT2D eigenvalue weighted by Gasteiger charge is 2.46. The topological polar surface area (TPSA) is 63.5 Å². The zero-order valence-electron chi connectivity index (χ0n) is 17.5. The van der Waals surface area contributed by atoms with Gasteiger partial charge >= 0.3 is 0 Å². The number of amides is 2. The van der Waals surface area contributed by atoms with E-state index in [2.05, 4.69) is 17.0 Å². The van der Waals surface area contributed by atoms with Gasteiger partial charge < -0.3 is 19.3 Å². The van der Waals surface area contributed by atoms with Crippen LogP contribution < -0.4 is 24.2 Å². The van der Waals surface area contributed by atoms with Crippen LogP contribution in [-0.2, 0) is 9.59 Å². The van der Waals surface area contributed by atoms with Gasteiger partial charge in [0, 0.05) is 5.69 Å². The molecule has 0 spiro atoms. The molecule has 2 aliphatic rings. The Labute approximate surface area is 176 Å². The smallest absolute Gasteiger partial charge is 0.292 e. The molecule has 158 valence electrons. The van der Waals surface area contributed by atoms with Crippen LogP contribution in [0.25, 0.3) is 0 Å². The molecule has 7 heteroatoms. The lowest BCUT2D eigenvalue weighted by molar-refractivity contribution is -0.915. The van der Waals surface area contributed by atoms with Gasteiger partial charge in [0.2, 0.25) is 5.91 Å². The minimum atomic E-state index is -0.304. The number of ether oxygens (including phenoxy) is 2. The highest BCUT2D eigenvalue weighted by atomic mass is 16.5. The molecule has 2 fully saturated rings. The Balaban J connectivity index is 1.39. The van der Waals surface area contributed by atoms with E-state index in [4.69, 9.17) is 9.47 Å². The highest BCUT2D eigenvalue weighted by Crippen LogP contribution is 2.25. The lowest BCUT2D eigenvalue weighted by Crippen LogP contribution is -3.19. The number of imide groups is 1. The summed E-state index contributed by atoms with van der Waals surface area (Å²) in [6.07, 6.45) is 0.268. The van der Waals surface area contributed by atoms with Gasteiger partial charge in [-0.2, -0.15) is 0 Å². The first-order valence-corrected chi connectivity index (χ1v) is 10.4. The third-order valence-electron chi connectivity index (χ3n) is 5.89. The Kier molecular flexibility index (Phi) is 5.90. The van der Waals surface area contributed by atoms with Crippen LogP contribution in [0.3, 0.4) is 0 Å². The summed E-state index contributed by atoms with van der Waals surface area (Å²) in [6.45, 7) is 5.85. The molecule has 1 atom stereocenters. The van der Waals surface area contributed by atoms with Crippen molar-refractivity contribution in [3.8, 4) is 11.5 Å². The lowest BCUT2D eigenvalue weighted by Gasteiger charge is -2.35. The fourth-order valence-corrected chi connectivity index (χ4v) is 4.27. The number of carbonyl (C=O) groups excluding carboxylic acids is 2. The first-order valence-electron chi connectivity index (χ1n) is 10.4. The minimum absolute atomic E-state index is 0.0999. The van der Waals surface area contributed by atoms with Gasteiger partial charge in [-0.3, -0.25) is 9.59 Å². The van der Waals surface area contributed by atoms with Crippen molar-refractivity contribution in [3.63, 3.8) is 0 Å². The number of anilines is 2. The van der Waals surface area contributed by atoms with Gasteiger partial charge in [-0.1, -0.05) is 0 Å². The van der Waals surface area contributed by atoms with E-state index in [1.165, 1.54) is 9.80 Å².